The van der Waals surface area contributed by atoms with Crippen LogP contribution in [0.3, 0.4) is 0 Å². The fraction of sp³-hybridized carbons (Fsp3) is 0.190. The Morgan fingerprint density at radius 2 is 1.94 bits per heavy atom. The quantitative estimate of drug-likeness (QED) is 0.671. The predicted octanol–water partition coefficient (Wildman–Crippen LogP) is 3.65. The number of halogens is 3. The van der Waals surface area contributed by atoms with Crippen molar-refractivity contribution in [2.45, 2.75) is 12.6 Å². The monoisotopic (exact) mass is 430 g/mol. The summed E-state index contributed by atoms with van der Waals surface area (Å²) in [5.74, 6) is -0.311. The Hall–Kier alpha value is -3.82. The first kappa shape index (κ1) is 20.5. The summed E-state index contributed by atoms with van der Waals surface area (Å²) in [6.45, 7) is -0.0865. The third kappa shape index (κ3) is 4.37. The highest BCUT2D eigenvalue weighted by atomic mass is 19.4. The lowest BCUT2D eigenvalue weighted by Crippen LogP contribution is -2.40. The van der Waals surface area contributed by atoms with Gasteiger partial charge in [-0.2, -0.15) is 18.3 Å². The maximum Gasteiger partial charge on any atom is 0.416 e. The zero-order valence-corrected chi connectivity index (χ0v) is 16.1. The van der Waals surface area contributed by atoms with Gasteiger partial charge in [-0.3, -0.25) is 9.59 Å². The van der Waals surface area contributed by atoms with Crippen molar-refractivity contribution in [2.24, 2.45) is 0 Å². The van der Waals surface area contributed by atoms with E-state index in [0.717, 1.165) is 12.1 Å². The van der Waals surface area contributed by atoms with Gasteiger partial charge in [0.1, 0.15) is 5.75 Å². The molecule has 2 heterocycles. The number of para-hydroxylation sites is 2. The molecule has 0 fully saturated rings. The zero-order chi connectivity index (χ0) is 22.0. The number of aromatic nitrogens is 2. The van der Waals surface area contributed by atoms with Crippen LogP contribution in [0, 0.1) is 0 Å². The molecule has 1 aromatic heterocycles. The Morgan fingerprint density at radius 3 is 2.68 bits per heavy atom. The molecule has 0 saturated carbocycles. The number of nitrogens with one attached hydrogen (secondary N) is 1. The average Bonchev–Trinajstić information content (AvgIpc) is 3.27. The van der Waals surface area contributed by atoms with Gasteiger partial charge in [0.05, 0.1) is 22.6 Å². The Balaban J connectivity index is 1.53. The highest BCUT2D eigenvalue weighted by molar-refractivity contribution is 5.99. The second-order valence-electron chi connectivity index (χ2n) is 6.78. The summed E-state index contributed by atoms with van der Waals surface area (Å²) in [6, 6.07) is 11.6. The van der Waals surface area contributed by atoms with E-state index in [1.165, 1.54) is 21.8 Å². The lowest BCUT2D eigenvalue weighted by molar-refractivity contribution is -0.137. The molecule has 2 amide bonds. The summed E-state index contributed by atoms with van der Waals surface area (Å²) in [4.78, 5) is 26.2. The molecule has 4 rings (SSSR count). The van der Waals surface area contributed by atoms with Gasteiger partial charge < -0.3 is 15.0 Å². The summed E-state index contributed by atoms with van der Waals surface area (Å²) in [6.07, 6.45) is -1.65. The molecule has 1 aliphatic heterocycles. The van der Waals surface area contributed by atoms with Crippen LogP contribution in [0.25, 0.3) is 5.69 Å². The van der Waals surface area contributed by atoms with Crippen LogP contribution in [0.5, 0.6) is 5.75 Å². The number of rotatable bonds is 5. The highest BCUT2D eigenvalue weighted by Crippen LogP contribution is 2.34. The maximum atomic E-state index is 13.2. The molecule has 1 aliphatic rings. The van der Waals surface area contributed by atoms with Crippen LogP contribution >= 0.6 is 0 Å². The lowest BCUT2D eigenvalue weighted by Gasteiger charge is -2.29. The van der Waals surface area contributed by atoms with Crippen LogP contribution in [-0.4, -0.2) is 34.7 Å². The summed E-state index contributed by atoms with van der Waals surface area (Å²) >= 11 is 0. The Labute approximate surface area is 175 Å². The smallest absolute Gasteiger partial charge is 0.416 e. The van der Waals surface area contributed by atoms with Crippen molar-refractivity contribution in [1.82, 2.24) is 9.78 Å². The molecule has 160 valence electrons. The molecule has 3 aromatic rings. The predicted molar refractivity (Wildman–Crippen MR) is 106 cm³/mol. The molecule has 0 radical (unpaired) electrons. The highest BCUT2D eigenvalue weighted by Gasteiger charge is 2.31. The number of nitrogens with zero attached hydrogens (tertiary/aromatic N) is 3. The Bertz CT molecular complexity index is 1110. The fourth-order valence-electron chi connectivity index (χ4n) is 3.25. The first-order valence-electron chi connectivity index (χ1n) is 9.36. The number of amides is 2. The van der Waals surface area contributed by atoms with E-state index >= 15 is 0 Å². The van der Waals surface area contributed by atoms with Gasteiger partial charge in [0.15, 0.2) is 6.61 Å². The molecule has 0 spiro atoms. The largest absolute Gasteiger partial charge is 0.482 e. The standard InChI is InChI=1S/C21H17F3N4O3/c22-21(23,24)14-6-7-16(28-10-3-9-25-28)15(12-14)26-19(29)8-11-27-17-4-1-2-5-18(17)31-13-20(27)30/h1-7,9-10,12H,8,11,13H2,(H,26,29). The van der Waals surface area contributed by atoms with Gasteiger partial charge in [0, 0.05) is 25.4 Å². The van der Waals surface area contributed by atoms with E-state index < -0.39 is 17.6 Å². The van der Waals surface area contributed by atoms with E-state index in [-0.39, 0.29) is 31.2 Å². The van der Waals surface area contributed by atoms with Gasteiger partial charge in [-0.1, -0.05) is 12.1 Å². The number of hydrogen-bond acceptors (Lipinski definition) is 4. The van der Waals surface area contributed by atoms with Crippen molar-refractivity contribution in [1.29, 1.82) is 0 Å². The Morgan fingerprint density at radius 1 is 1.13 bits per heavy atom. The van der Waals surface area contributed by atoms with Gasteiger partial charge in [-0.15, -0.1) is 0 Å². The second-order valence-corrected chi connectivity index (χ2v) is 6.78. The van der Waals surface area contributed by atoms with Crippen molar-refractivity contribution < 1.29 is 27.5 Å². The molecule has 10 heteroatoms. The molecule has 0 atom stereocenters. The van der Waals surface area contributed by atoms with Gasteiger partial charge in [0.2, 0.25) is 5.91 Å². The summed E-state index contributed by atoms with van der Waals surface area (Å²) < 4.78 is 46.2. The van der Waals surface area contributed by atoms with E-state index in [0.29, 0.717) is 17.1 Å². The molecular weight excluding hydrogens is 413 g/mol. The van der Waals surface area contributed by atoms with E-state index in [1.54, 1.807) is 36.5 Å². The van der Waals surface area contributed by atoms with Crippen LogP contribution < -0.4 is 15.0 Å². The topological polar surface area (TPSA) is 76.5 Å². The third-order valence-electron chi connectivity index (χ3n) is 4.72. The number of ether oxygens (including phenoxy) is 1. The van der Waals surface area contributed by atoms with Crippen molar-refractivity contribution >= 4 is 23.2 Å². The molecule has 0 aliphatic carbocycles. The third-order valence-corrected chi connectivity index (χ3v) is 4.72. The van der Waals surface area contributed by atoms with Gasteiger partial charge >= 0.3 is 6.18 Å². The van der Waals surface area contributed by atoms with E-state index in [2.05, 4.69) is 10.4 Å². The van der Waals surface area contributed by atoms with Crippen LogP contribution in [0.4, 0.5) is 24.5 Å². The molecular formula is C21H17F3N4O3. The van der Waals surface area contributed by atoms with Crippen molar-refractivity contribution in [3.63, 3.8) is 0 Å². The van der Waals surface area contributed by atoms with Gasteiger partial charge in [-0.25, -0.2) is 4.68 Å². The SMILES string of the molecule is O=C(CCN1C(=O)COc2ccccc21)Nc1cc(C(F)(F)F)ccc1-n1cccn1. The number of carbonyl (C=O) groups is 2. The molecule has 31 heavy (non-hydrogen) atoms. The number of hydrogen-bond donors (Lipinski definition) is 1. The van der Waals surface area contributed by atoms with Crippen molar-refractivity contribution in [3.05, 3.63) is 66.5 Å². The normalized spacial score (nSPS) is 13.5. The van der Waals surface area contributed by atoms with Crippen molar-refractivity contribution in [3.8, 4) is 11.4 Å². The first-order valence-corrected chi connectivity index (χ1v) is 9.36. The van der Waals surface area contributed by atoms with E-state index in [1.807, 2.05) is 0 Å². The molecule has 7 nitrogen and oxygen atoms in total. The fourth-order valence-corrected chi connectivity index (χ4v) is 3.25. The summed E-state index contributed by atoms with van der Waals surface area (Å²) in [5, 5.41) is 6.54. The first-order chi connectivity index (χ1) is 14.8. The second kappa shape index (κ2) is 8.13. The number of alkyl halides is 3. The van der Waals surface area contributed by atoms with Gasteiger partial charge in [-0.05, 0) is 36.4 Å². The number of fused-ring (bicyclic) bond motifs is 1. The van der Waals surface area contributed by atoms with Crippen LogP contribution in [0.2, 0.25) is 0 Å². The van der Waals surface area contributed by atoms with E-state index in [9.17, 15) is 22.8 Å². The number of carbonyl (C=O) groups excluding carboxylic acids is 2. The zero-order valence-electron chi connectivity index (χ0n) is 16.1. The molecule has 0 saturated heterocycles. The average molecular weight is 430 g/mol. The summed E-state index contributed by atoms with van der Waals surface area (Å²) in [5.41, 5.74) is -0.0878. The number of benzene rings is 2. The molecule has 0 unspecified atom stereocenters. The Kier molecular flexibility index (Phi) is 5.37. The minimum atomic E-state index is -4.56. The van der Waals surface area contributed by atoms with E-state index in [4.69, 9.17) is 4.74 Å². The molecule has 0 bridgehead atoms. The number of anilines is 2. The summed E-state index contributed by atoms with van der Waals surface area (Å²) in [7, 11) is 0. The maximum absolute atomic E-state index is 13.2. The molecule has 1 N–H and O–H groups in total. The van der Waals surface area contributed by atoms with Crippen LogP contribution in [0.1, 0.15) is 12.0 Å². The van der Waals surface area contributed by atoms with Crippen LogP contribution in [0.15, 0.2) is 60.9 Å². The molecule has 2 aromatic carbocycles. The van der Waals surface area contributed by atoms with Crippen molar-refractivity contribution in [2.75, 3.05) is 23.4 Å². The minimum absolute atomic E-state index is 0.0303. The van der Waals surface area contributed by atoms with Gasteiger partial charge in [0.25, 0.3) is 5.91 Å². The van der Waals surface area contributed by atoms with Crippen LogP contribution in [-0.2, 0) is 15.8 Å². The lowest BCUT2D eigenvalue weighted by atomic mass is 10.1. The minimum Gasteiger partial charge on any atom is -0.482 e.